The molecule has 31 heavy (non-hydrogen) atoms. The molecule has 2 aliphatic carbocycles. The number of rotatable bonds is 12. The molecule has 0 N–H and O–H groups in total. The Labute approximate surface area is 196 Å². The second-order valence-electron chi connectivity index (χ2n) is 12.4. The first-order valence-corrected chi connectivity index (χ1v) is 14.0. The summed E-state index contributed by atoms with van der Waals surface area (Å²) >= 11 is 0. The molecule has 0 aromatic rings. The fourth-order valence-electron chi connectivity index (χ4n) is 6.90. The molecular formula is C31H56. The van der Waals surface area contributed by atoms with Crippen molar-refractivity contribution in [1.29, 1.82) is 0 Å². The first-order chi connectivity index (χ1) is 14.7. The van der Waals surface area contributed by atoms with Crippen LogP contribution in [0.4, 0.5) is 0 Å². The van der Waals surface area contributed by atoms with Gasteiger partial charge in [-0.05, 0) is 117 Å². The highest BCUT2D eigenvalue weighted by atomic mass is 14.4. The lowest BCUT2D eigenvalue weighted by Crippen LogP contribution is -2.35. The second-order valence-corrected chi connectivity index (χ2v) is 12.4. The van der Waals surface area contributed by atoms with Crippen molar-refractivity contribution in [3.8, 4) is 0 Å². The van der Waals surface area contributed by atoms with Crippen LogP contribution < -0.4 is 0 Å². The van der Waals surface area contributed by atoms with Crippen LogP contribution in [0.1, 0.15) is 125 Å². The van der Waals surface area contributed by atoms with E-state index in [0.717, 1.165) is 41.4 Å². The Kier molecular flexibility index (Phi) is 10.9. The molecule has 0 aliphatic heterocycles. The van der Waals surface area contributed by atoms with Gasteiger partial charge in [-0.1, -0.05) is 72.6 Å². The zero-order chi connectivity index (χ0) is 23.0. The smallest absolute Gasteiger partial charge is 0.00951 e. The van der Waals surface area contributed by atoms with E-state index < -0.39 is 0 Å². The van der Waals surface area contributed by atoms with Gasteiger partial charge in [0.1, 0.15) is 0 Å². The Morgan fingerprint density at radius 2 is 1.32 bits per heavy atom. The van der Waals surface area contributed by atoms with Crippen molar-refractivity contribution in [2.24, 2.45) is 46.8 Å². The van der Waals surface area contributed by atoms with E-state index in [-0.39, 0.29) is 0 Å². The summed E-state index contributed by atoms with van der Waals surface area (Å²) in [6, 6.07) is 0. The van der Waals surface area contributed by atoms with E-state index >= 15 is 0 Å². The molecule has 2 aliphatic rings. The molecule has 0 radical (unpaired) electrons. The summed E-state index contributed by atoms with van der Waals surface area (Å²) in [6.07, 6.45) is 20.5. The number of allylic oxidation sites excluding steroid dienone is 2. The average molecular weight is 429 g/mol. The molecule has 180 valence electrons. The zero-order valence-corrected chi connectivity index (χ0v) is 22.2. The molecule has 2 rings (SSSR count). The normalized spacial score (nSPS) is 31.5. The largest absolute Gasteiger partial charge is 0.103 e. The van der Waals surface area contributed by atoms with Crippen LogP contribution in [-0.4, -0.2) is 0 Å². The number of hydrogen-bond donors (Lipinski definition) is 0. The van der Waals surface area contributed by atoms with Crippen molar-refractivity contribution in [2.45, 2.75) is 125 Å². The minimum atomic E-state index is 0.418. The van der Waals surface area contributed by atoms with Crippen LogP contribution in [0.5, 0.6) is 0 Å². The first-order valence-electron chi connectivity index (χ1n) is 14.0. The molecule has 0 amide bonds. The molecule has 0 heteroatoms. The fourth-order valence-corrected chi connectivity index (χ4v) is 6.90. The molecular weight excluding hydrogens is 372 g/mol. The van der Waals surface area contributed by atoms with Crippen molar-refractivity contribution in [1.82, 2.24) is 0 Å². The van der Waals surface area contributed by atoms with Gasteiger partial charge < -0.3 is 0 Å². The molecule has 0 spiro atoms. The van der Waals surface area contributed by atoms with E-state index in [2.05, 4.69) is 60.8 Å². The monoisotopic (exact) mass is 428 g/mol. The van der Waals surface area contributed by atoms with Gasteiger partial charge in [0.2, 0.25) is 0 Å². The Bertz CT molecular complexity index is 522. The van der Waals surface area contributed by atoms with Crippen LogP contribution in [-0.2, 0) is 0 Å². The summed E-state index contributed by atoms with van der Waals surface area (Å²) in [5.41, 5.74) is 2.02. The van der Waals surface area contributed by atoms with Gasteiger partial charge >= 0.3 is 0 Å². The van der Waals surface area contributed by atoms with Crippen LogP contribution in [0.2, 0.25) is 0 Å². The molecule has 2 saturated carbocycles. The third-order valence-corrected chi connectivity index (χ3v) is 9.60. The van der Waals surface area contributed by atoms with Crippen molar-refractivity contribution in [2.75, 3.05) is 0 Å². The summed E-state index contributed by atoms with van der Waals surface area (Å²) in [4.78, 5) is 0. The van der Waals surface area contributed by atoms with Gasteiger partial charge in [-0.2, -0.15) is 0 Å². The molecule has 0 aromatic heterocycles. The lowest BCUT2D eigenvalue weighted by atomic mass is 9.59. The standard InChI is InChI=1S/C31H56/c1-9-27(14-12-24(5)6)26(8)28-15-17-29(18-16-28)30-19-21-31(10-2,22-20-30)25(7)13-11-23(3)4/h10,23-25,27-30H,2,8-9,11-22H2,1,3-7H3. The minimum absolute atomic E-state index is 0.418. The Morgan fingerprint density at radius 3 is 1.81 bits per heavy atom. The average Bonchev–Trinajstić information content (AvgIpc) is 2.77. The predicted octanol–water partition coefficient (Wildman–Crippen LogP) is 10.2. The van der Waals surface area contributed by atoms with Gasteiger partial charge in [0.25, 0.3) is 0 Å². The topological polar surface area (TPSA) is 0 Å². The van der Waals surface area contributed by atoms with Crippen molar-refractivity contribution in [3.05, 3.63) is 24.8 Å². The van der Waals surface area contributed by atoms with Gasteiger partial charge in [0, 0.05) is 0 Å². The zero-order valence-electron chi connectivity index (χ0n) is 22.2. The molecule has 0 bridgehead atoms. The quantitative estimate of drug-likeness (QED) is 0.271. The van der Waals surface area contributed by atoms with E-state index in [0.29, 0.717) is 5.41 Å². The van der Waals surface area contributed by atoms with Crippen molar-refractivity contribution < 1.29 is 0 Å². The van der Waals surface area contributed by atoms with E-state index in [1.807, 2.05) is 0 Å². The van der Waals surface area contributed by atoms with Gasteiger partial charge in [0.05, 0.1) is 0 Å². The van der Waals surface area contributed by atoms with Crippen LogP contribution >= 0.6 is 0 Å². The Hall–Kier alpha value is -0.520. The molecule has 2 atom stereocenters. The molecule has 0 aromatic carbocycles. The molecule has 2 unspecified atom stereocenters. The maximum Gasteiger partial charge on any atom is -0.00951 e. The van der Waals surface area contributed by atoms with Crippen LogP contribution in [0, 0.1) is 46.8 Å². The lowest BCUT2D eigenvalue weighted by Gasteiger charge is -2.46. The summed E-state index contributed by atoms with van der Waals surface area (Å²) < 4.78 is 0. The second kappa shape index (κ2) is 12.6. The third-order valence-electron chi connectivity index (χ3n) is 9.60. The fraction of sp³-hybridized carbons (Fsp3) is 0.871. The van der Waals surface area contributed by atoms with E-state index in [1.165, 1.54) is 83.5 Å². The van der Waals surface area contributed by atoms with E-state index in [9.17, 15) is 0 Å². The molecule has 2 fully saturated rings. The predicted molar refractivity (Wildman–Crippen MR) is 140 cm³/mol. The van der Waals surface area contributed by atoms with Crippen LogP contribution in [0.25, 0.3) is 0 Å². The summed E-state index contributed by atoms with van der Waals surface area (Å²) in [5, 5.41) is 0. The van der Waals surface area contributed by atoms with Gasteiger partial charge in [-0.3, -0.25) is 0 Å². The maximum atomic E-state index is 4.63. The van der Waals surface area contributed by atoms with Crippen molar-refractivity contribution >= 4 is 0 Å². The summed E-state index contributed by atoms with van der Waals surface area (Å²) in [6.45, 7) is 23.3. The molecule has 0 nitrogen and oxygen atoms in total. The van der Waals surface area contributed by atoms with E-state index in [4.69, 9.17) is 0 Å². The Balaban J connectivity index is 1.82. The van der Waals surface area contributed by atoms with Gasteiger partial charge in [-0.15, -0.1) is 6.58 Å². The van der Waals surface area contributed by atoms with Crippen LogP contribution in [0.15, 0.2) is 24.8 Å². The first kappa shape index (κ1) is 26.7. The van der Waals surface area contributed by atoms with Gasteiger partial charge in [-0.25, -0.2) is 0 Å². The van der Waals surface area contributed by atoms with E-state index in [1.54, 1.807) is 5.57 Å². The maximum absolute atomic E-state index is 4.63. The van der Waals surface area contributed by atoms with Gasteiger partial charge in [0.15, 0.2) is 0 Å². The molecule has 0 saturated heterocycles. The Morgan fingerprint density at radius 1 is 0.806 bits per heavy atom. The summed E-state index contributed by atoms with van der Waals surface area (Å²) in [5.74, 6) is 5.96. The minimum Gasteiger partial charge on any atom is -0.103 e. The van der Waals surface area contributed by atoms with Crippen molar-refractivity contribution in [3.63, 3.8) is 0 Å². The lowest BCUT2D eigenvalue weighted by molar-refractivity contribution is 0.0837. The molecule has 0 heterocycles. The number of hydrogen-bond acceptors (Lipinski definition) is 0. The SMILES string of the molecule is C=CC1(C(C)CCC(C)C)CCC(C2CCC(C(=C)C(CC)CCC(C)C)CC2)CC1. The highest BCUT2D eigenvalue weighted by Crippen LogP contribution is 2.51. The van der Waals surface area contributed by atoms with Crippen LogP contribution in [0.3, 0.4) is 0 Å². The summed E-state index contributed by atoms with van der Waals surface area (Å²) in [7, 11) is 0. The highest BCUT2D eigenvalue weighted by molar-refractivity contribution is 5.08. The highest BCUT2D eigenvalue weighted by Gasteiger charge is 2.40. The third kappa shape index (κ3) is 7.50.